The average Bonchev–Trinajstić information content (AvgIpc) is 2.66. The third-order valence-corrected chi connectivity index (χ3v) is 2.23. The minimum absolute atomic E-state index is 0.0282. The predicted octanol–water partition coefficient (Wildman–Crippen LogP) is 0.938. The Morgan fingerprint density at radius 2 is 2.56 bits per heavy atom. The molecule has 1 heterocycles. The third-order valence-electron chi connectivity index (χ3n) is 1.56. The maximum absolute atomic E-state index is 10.6. The molecule has 0 saturated carbocycles. The van der Waals surface area contributed by atoms with Crippen molar-refractivity contribution in [2.75, 3.05) is 12.3 Å². The molecule has 1 aromatic heterocycles. The molecule has 16 heavy (non-hydrogen) atoms. The molecule has 0 amide bonds. The van der Waals surface area contributed by atoms with Crippen molar-refractivity contribution in [3.8, 4) is 0 Å². The second-order valence-electron chi connectivity index (χ2n) is 2.74. The standard InChI is InChI=1S/C9H12N3O3S/c1-3-14-6(2)15-12-7(4-13)8-5-16-9(10)11-8/h5-6H,3H2,1-2H3,(H2,10,11)/b12-7+. The largest absolute Gasteiger partial charge is 0.375 e. The number of aromatic nitrogens is 1. The van der Waals surface area contributed by atoms with Crippen LogP contribution in [0, 0.1) is 0 Å². The van der Waals surface area contributed by atoms with Crippen molar-refractivity contribution in [3.05, 3.63) is 11.1 Å². The fourth-order valence-corrected chi connectivity index (χ4v) is 1.45. The molecule has 1 rings (SSSR count). The van der Waals surface area contributed by atoms with Gasteiger partial charge in [0.05, 0.1) is 0 Å². The number of nitrogens with two attached hydrogens (primary N) is 1. The fourth-order valence-electron chi connectivity index (χ4n) is 0.906. The zero-order valence-corrected chi connectivity index (χ0v) is 9.78. The van der Waals surface area contributed by atoms with Crippen LogP contribution >= 0.6 is 11.3 Å². The van der Waals surface area contributed by atoms with Crippen molar-refractivity contribution in [1.29, 1.82) is 0 Å². The molecule has 87 valence electrons. The van der Waals surface area contributed by atoms with Crippen LogP contribution in [0.25, 0.3) is 0 Å². The average molecular weight is 242 g/mol. The van der Waals surface area contributed by atoms with Crippen LogP contribution in [-0.2, 0) is 14.4 Å². The molecule has 7 heteroatoms. The monoisotopic (exact) mass is 242 g/mol. The van der Waals surface area contributed by atoms with Gasteiger partial charge in [-0.05, 0) is 6.92 Å². The van der Waals surface area contributed by atoms with E-state index in [1.54, 1.807) is 18.6 Å². The summed E-state index contributed by atoms with van der Waals surface area (Å²) in [5, 5.41) is 5.56. The number of nitrogen functional groups attached to an aromatic ring is 1. The van der Waals surface area contributed by atoms with Gasteiger partial charge in [-0.25, -0.2) is 4.98 Å². The van der Waals surface area contributed by atoms with E-state index in [-0.39, 0.29) is 5.71 Å². The molecule has 0 fully saturated rings. The Balaban J connectivity index is 2.67. The summed E-state index contributed by atoms with van der Waals surface area (Å²) in [5.41, 5.74) is 5.75. The number of hydrogen-bond donors (Lipinski definition) is 1. The van der Waals surface area contributed by atoms with Crippen LogP contribution < -0.4 is 5.73 Å². The van der Waals surface area contributed by atoms with Gasteiger partial charge in [0.2, 0.25) is 6.29 Å². The SMILES string of the molecule is CCOC(C)O/N=C(\[C]=O)c1csc(N)n1. The highest BCUT2D eigenvalue weighted by Gasteiger charge is 2.09. The van der Waals surface area contributed by atoms with Crippen LogP contribution in [0.1, 0.15) is 19.5 Å². The lowest BCUT2D eigenvalue weighted by molar-refractivity contribution is -0.126. The Labute approximate surface area is 97.1 Å². The molecule has 1 atom stereocenters. The highest BCUT2D eigenvalue weighted by molar-refractivity contribution is 7.13. The van der Waals surface area contributed by atoms with E-state index >= 15 is 0 Å². The van der Waals surface area contributed by atoms with Gasteiger partial charge < -0.3 is 15.3 Å². The Bertz CT molecular complexity index is 378. The second kappa shape index (κ2) is 6.19. The smallest absolute Gasteiger partial charge is 0.259 e. The van der Waals surface area contributed by atoms with Gasteiger partial charge in [0.25, 0.3) is 6.29 Å². The number of rotatable bonds is 6. The first-order chi connectivity index (χ1) is 7.67. The summed E-state index contributed by atoms with van der Waals surface area (Å²) in [5.74, 6) is 0. The van der Waals surface area contributed by atoms with Gasteiger partial charge in [0, 0.05) is 18.9 Å². The Morgan fingerprint density at radius 1 is 1.81 bits per heavy atom. The summed E-state index contributed by atoms with van der Waals surface area (Å²) in [7, 11) is 0. The first kappa shape index (κ1) is 12.6. The molecule has 0 aliphatic rings. The number of carbonyl (C=O) groups excluding carboxylic acids is 1. The molecule has 0 aromatic carbocycles. The van der Waals surface area contributed by atoms with E-state index in [1.165, 1.54) is 11.3 Å². The first-order valence-corrected chi connectivity index (χ1v) is 5.50. The van der Waals surface area contributed by atoms with E-state index in [0.29, 0.717) is 17.4 Å². The van der Waals surface area contributed by atoms with Crippen LogP contribution in [0.15, 0.2) is 10.5 Å². The molecular weight excluding hydrogens is 230 g/mol. The topological polar surface area (TPSA) is 86.8 Å². The number of hydrogen-bond acceptors (Lipinski definition) is 7. The Kier molecular flexibility index (Phi) is 4.87. The molecule has 0 aliphatic heterocycles. The predicted molar refractivity (Wildman–Crippen MR) is 60.9 cm³/mol. The Hall–Kier alpha value is -1.47. The summed E-state index contributed by atoms with van der Waals surface area (Å²) >= 11 is 1.21. The lowest BCUT2D eigenvalue weighted by atomic mass is 10.3. The van der Waals surface area contributed by atoms with Crippen molar-refractivity contribution in [2.45, 2.75) is 20.1 Å². The molecule has 1 unspecified atom stereocenters. The minimum atomic E-state index is -0.524. The Morgan fingerprint density at radius 3 is 3.06 bits per heavy atom. The number of anilines is 1. The van der Waals surface area contributed by atoms with Crippen molar-refractivity contribution < 1.29 is 14.4 Å². The van der Waals surface area contributed by atoms with Crippen LogP contribution in [0.3, 0.4) is 0 Å². The van der Waals surface area contributed by atoms with E-state index in [1.807, 2.05) is 6.92 Å². The maximum atomic E-state index is 10.6. The van der Waals surface area contributed by atoms with Gasteiger partial charge in [-0.3, -0.25) is 4.79 Å². The maximum Gasteiger partial charge on any atom is 0.259 e. The fraction of sp³-hybridized carbons (Fsp3) is 0.444. The van der Waals surface area contributed by atoms with Crippen molar-refractivity contribution in [1.82, 2.24) is 4.98 Å². The van der Waals surface area contributed by atoms with E-state index in [9.17, 15) is 4.79 Å². The molecule has 1 radical (unpaired) electrons. The molecule has 0 spiro atoms. The molecule has 0 bridgehead atoms. The van der Waals surface area contributed by atoms with E-state index in [4.69, 9.17) is 15.3 Å². The van der Waals surface area contributed by atoms with Crippen LogP contribution in [-0.4, -0.2) is 29.9 Å². The van der Waals surface area contributed by atoms with E-state index < -0.39 is 6.29 Å². The summed E-state index contributed by atoms with van der Waals surface area (Å²) in [6.45, 7) is 4.00. The minimum Gasteiger partial charge on any atom is -0.375 e. The normalized spacial score (nSPS) is 13.5. The molecular formula is C9H12N3O3S. The summed E-state index contributed by atoms with van der Waals surface area (Å²) in [6, 6.07) is 0. The lowest BCUT2D eigenvalue weighted by Gasteiger charge is -2.08. The van der Waals surface area contributed by atoms with Gasteiger partial charge in [-0.1, -0.05) is 5.16 Å². The molecule has 2 N–H and O–H groups in total. The van der Waals surface area contributed by atoms with Gasteiger partial charge in [0.1, 0.15) is 5.69 Å². The number of nitrogens with zero attached hydrogens (tertiary/aromatic N) is 2. The van der Waals surface area contributed by atoms with Crippen molar-refractivity contribution >= 4 is 28.5 Å². The van der Waals surface area contributed by atoms with E-state index in [0.717, 1.165) is 0 Å². The molecule has 6 nitrogen and oxygen atoms in total. The van der Waals surface area contributed by atoms with Crippen molar-refractivity contribution in [3.63, 3.8) is 0 Å². The summed E-state index contributed by atoms with van der Waals surface area (Å²) in [6.07, 6.45) is 1.11. The van der Waals surface area contributed by atoms with Crippen molar-refractivity contribution in [2.24, 2.45) is 5.16 Å². The van der Waals surface area contributed by atoms with Gasteiger partial charge >= 0.3 is 0 Å². The molecule has 0 saturated heterocycles. The zero-order valence-electron chi connectivity index (χ0n) is 8.97. The van der Waals surface area contributed by atoms with E-state index in [2.05, 4.69) is 10.1 Å². The second-order valence-corrected chi connectivity index (χ2v) is 3.63. The molecule has 1 aromatic rings. The number of oxime groups is 1. The quantitative estimate of drug-likeness (QED) is 0.455. The highest BCUT2D eigenvalue weighted by Crippen LogP contribution is 2.11. The summed E-state index contributed by atoms with van der Waals surface area (Å²) < 4.78 is 5.08. The van der Waals surface area contributed by atoms with Crippen LogP contribution in [0.5, 0.6) is 0 Å². The number of ether oxygens (including phenoxy) is 1. The van der Waals surface area contributed by atoms with Gasteiger partial charge in [-0.2, -0.15) is 0 Å². The number of thiazole rings is 1. The third kappa shape index (κ3) is 3.59. The first-order valence-electron chi connectivity index (χ1n) is 4.62. The lowest BCUT2D eigenvalue weighted by Crippen LogP contribution is -2.12. The van der Waals surface area contributed by atoms with Crippen LogP contribution in [0.4, 0.5) is 5.13 Å². The van der Waals surface area contributed by atoms with Crippen LogP contribution in [0.2, 0.25) is 0 Å². The van der Waals surface area contributed by atoms with Gasteiger partial charge in [0.15, 0.2) is 10.8 Å². The zero-order chi connectivity index (χ0) is 12.0. The van der Waals surface area contributed by atoms with Gasteiger partial charge in [-0.15, -0.1) is 11.3 Å². The highest BCUT2D eigenvalue weighted by atomic mass is 32.1. The molecule has 0 aliphatic carbocycles. The summed E-state index contributed by atoms with van der Waals surface area (Å²) in [4.78, 5) is 19.4.